The van der Waals surface area contributed by atoms with Crippen molar-refractivity contribution in [2.24, 2.45) is 0 Å². The molecule has 0 heterocycles. The summed E-state index contributed by atoms with van der Waals surface area (Å²) in [7, 11) is -9.04. The molecule has 0 atom stereocenters. The van der Waals surface area contributed by atoms with E-state index < -0.39 is 46.4 Å². The molecule has 0 fully saturated rings. The lowest BCUT2D eigenvalue weighted by Crippen LogP contribution is -2.07. The summed E-state index contributed by atoms with van der Waals surface area (Å²) in [5, 5.41) is 20.9. The highest BCUT2D eigenvalue weighted by Gasteiger charge is 2.33. The van der Waals surface area contributed by atoms with Crippen molar-refractivity contribution >= 4 is 31.6 Å². The first kappa shape index (κ1) is 21.1. The molecule has 140 valence electrons. The van der Waals surface area contributed by atoms with Gasteiger partial charge in [0.05, 0.1) is 14.7 Å². The fraction of sp³-hybridized carbons (Fsp3) is 0. The molecule has 0 bridgehead atoms. The molecular weight excluding hydrogens is 396 g/mol. The van der Waals surface area contributed by atoms with Crippen molar-refractivity contribution in [3.05, 3.63) is 68.8 Å². The normalized spacial score (nSPS) is 11.2. The van der Waals surface area contributed by atoms with E-state index in [0.29, 0.717) is 0 Å². The van der Waals surface area contributed by atoms with Crippen molar-refractivity contribution in [2.45, 2.75) is 9.79 Å². The van der Waals surface area contributed by atoms with Crippen LogP contribution in [-0.4, -0.2) is 35.8 Å². The molecule has 0 unspecified atom stereocenters. The summed E-state index contributed by atoms with van der Waals surface area (Å²) in [6, 6.07) is 9.86. The summed E-state index contributed by atoms with van der Waals surface area (Å²) in [6.45, 7) is 0. The fourth-order valence-corrected chi connectivity index (χ4v) is 2.97. The zero-order chi connectivity index (χ0) is 20.1. The molecule has 0 aliphatic rings. The first-order valence-corrected chi connectivity index (χ1v) is 9.15. The van der Waals surface area contributed by atoms with Crippen molar-refractivity contribution in [1.29, 1.82) is 0 Å². The smallest absolute Gasteiger partial charge is 0.282 e. The quantitative estimate of drug-likeness (QED) is 0.428. The maximum absolute atomic E-state index is 10.8. The molecule has 0 aliphatic heterocycles. The minimum absolute atomic E-state index is 0.0741. The lowest BCUT2D eigenvalue weighted by molar-refractivity contribution is -0.399. The summed E-state index contributed by atoms with van der Waals surface area (Å²) in [5.41, 5.74) is -2.09. The van der Waals surface area contributed by atoms with Crippen LogP contribution in [0.3, 0.4) is 0 Å². The Morgan fingerprint density at radius 3 is 1.38 bits per heavy atom. The Morgan fingerprint density at radius 2 is 1.12 bits per heavy atom. The van der Waals surface area contributed by atoms with E-state index in [4.69, 9.17) is 9.11 Å². The minimum Gasteiger partial charge on any atom is -0.282 e. The van der Waals surface area contributed by atoms with Crippen molar-refractivity contribution < 1.29 is 35.8 Å². The van der Waals surface area contributed by atoms with E-state index in [1.165, 1.54) is 12.1 Å². The van der Waals surface area contributed by atoms with Gasteiger partial charge in [-0.05, 0) is 18.2 Å². The van der Waals surface area contributed by atoms with Gasteiger partial charge in [0.1, 0.15) is 0 Å². The van der Waals surface area contributed by atoms with Gasteiger partial charge in [-0.15, -0.1) is 0 Å². The molecule has 0 saturated carbocycles. The van der Waals surface area contributed by atoms with Crippen LogP contribution >= 0.6 is 0 Å². The van der Waals surface area contributed by atoms with E-state index >= 15 is 0 Å². The molecule has 2 N–H and O–H groups in total. The molecule has 0 spiro atoms. The Labute approximate surface area is 146 Å². The van der Waals surface area contributed by atoms with Crippen LogP contribution < -0.4 is 0 Å². The van der Waals surface area contributed by atoms with Gasteiger partial charge in [-0.25, -0.2) is 0 Å². The molecule has 0 saturated heterocycles. The second-order valence-corrected chi connectivity index (χ2v) is 7.18. The van der Waals surface area contributed by atoms with E-state index in [-0.39, 0.29) is 4.90 Å². The number of hydrogen-bond donors (Lipinski definition) is 2. The molecule has 14 heteroatoms. The highest BCUT2D eigenvalue weighted by Crippen LogP contribution is 2.32. The zero-order valence-corrected chi connectivity index (χ0v) is 14.1. The van der Waals surface area contributed by atoms with Crippen molar-refractivity contribution in [1.82, 2.24) is 0 Å². The summed E-state index contributed by atoms with van der Waals surface area (Å²) < 4.78 is 59.6. The van der Waals surface area contributed by atoms with Crippen LogP contribution in [0.1, 0.15) is 0 Å². The second-order valence-electron chi connectivity index (χ2n) is 4.40. The number of nitro groups is 2. The molecule has 26 heavy (non-hydrogen) atoms. The van der Waals surface area contributed by atoms with Crippen LogP contribution in [0.25, 0.3) is 0 Å². The second kappa shape index (κ2) is 7.96. The number of nitro benzene ring substituents is 2. The third-order valence-electron chi connectivity index (χ3n) is 2.67. The minimum atomic E-state index is -5.04. The molecule has 12 nitrogen and oxygen atoms in total. The topological polar surface area (TPSA) is 195 Å². The van der Waals surface area contributed by atoms with Crippen molar-refractivity contribution in [3.63, 3.8) is 0 Å². The van der Waals surface area contributed by atoms with Crippen LogP contribution in [0.4, 0.5) is 11.4 Å². The van der Waals surface area contributed by atoms with E-state index in [9.17, 15) is 37.1 Å². The van der Waals surface area contributed by atoms with Gasteiger partial charge in [-0.2, -0.15) is 16.8 Å². The van der Waals surface area contributed by atoms with Crippen LogP contribution in [0, 0.1) is 20.2 Å². The lowest BCUT2D eigenvalue weighted by atomic mass is 10.3. The standard InChI is InChI=1S/C6H4N2O7S.C6H6O3S/c9-7(10)4-2-1-3-5(8(11)12)6(4)16(13,14)15;7-10(8,9)6-4-2-1-3-5-6/h1-3H,(H,13,14,15);1-5H,(H,7,8,9). The highest BCUT2D eigenvalue weighted by atomic mass is 32.2. The first-order valence-electron chi connectivity index (χ1n) is 6.27. The third kappa shape index (κ3) is 5.55. The molecule has 0 aromatic heterocycles. The predicted molar refractivity (Wildman–Crippen MR) is 85.8 cm³/mol. The largest absolute Gasteiger partial charge is 0.308 e. The summed E-state index contributed by atoms with van der Waals surface area (Å²) in [4.78, 5) is 17.3. The average molecular weight is 406 g/mol. The third-order valence-corrected chi connectivity index (χ3v) is 4.47. The Hall–Kier alpha value is -2.94. The highest BCUT2D eigenvalue weighted by molar-refractivity contribution is 7.86. The molecule has 2 aromatic rings. The molecule has 0 radical (unpaired) electrons. The summed E-state index contributed by atoms with van der Waals surface area (Å²) in [6.07, 6.45) is 0. The van der Waals surface area contributed by atoms with Gasteiger partial charge in [-0.3, -0.25) is 29.3 Å². The maximum Gasteiger partial charge on any atom is 0.308 e. The average Bonchev–Trinajstić information content (AvgIpc) is 2.54. The van der Waals surface area contributed by atoms with Crippen molar-refractivity contribution in [2.75, 3.05) is 0 Å². The van der Waals surface area contributed by atoms with Gasteiger partial charge in [-0.1, -0.05) is 18.2 Å². The summed E-state index contributed by atoms with van der Waals surface area (Å²) >= 11 is 0. The Bertz CT molecular complexity index is 1000. The lowest BCUT2D eigenvalue weighted by Gasteiger charge is -2.00. The van der Waals surface area contributed by atoms with Gasteiger partial charge in [0.2, 0.25) is 4.90 Å². The fourth-order valence-electron chi connectivity index (χ4n) is 1.66. The molecule has 2 aromatic carbocycles. The summed E-state index contributed by atoms with van der Waals surface area (Å²) in [5.74, 6) is 0. The van der Waals surface area contributed by atoms with Gasteiger partial charge in [0.15, 0.2) is 0 Å². The molecule has 0 amide bonds. The SMILES string of the molecule is O=S(=O)(O)c1ccccc1.O=[N+]([O-])c1cccc([N+](=O)[O-])c1S(=O)(=O)O. The Morgan fingerprint density at radius 1 is 0.692 bits per heavy atom. The van der Waals surface area contributed by atoms with Crippen LogP contribution in [0.5, 0.6) is 0 Å². The van der Waals surface area contributed by atoms with E-state index in [1.807, 2.05) is 0 Å². The van der Waals surface area contributed by atoms with E-state index in [2.05, 4.69) is 0 Å². The number of rotatable bonds is 4. The number of benzene rings is 2. The van der Waals surface area contributed by atoms with Crippen LogP contribution in [0.15, 0.2) is 58.3 Å². The number of nitrogens with zero attached hydrogens (tertiary/aromatic N) is 2. The molecule has 0 aliphatic carbocycles. The van der Waals surface area contributed by atoms with Crippen molar-refractivity contribution in [3.8, 4) is 0 Å². The molecular formula is C12H10N2O10S2. The Balaban J connectivity index is 0.000000289. The van der Waals surface area contributed by atoms with E-state index in [0.717, 1.165) is 18.2 Å². The van der Waals surface area contributed by atoms with E-state index in [1.54, 1.807) is 18.2 Å². The van der Waals surface area contributed by atoms with Gasteiger partial charge >= 0.3 is 10.1 Å². The zero-order valence-electron chi connectivity index (χ0n) is 12.5. The van der Waals surface area contributed by atoms with Gasteiger partial charge < -0.3 is 0 Å². The van der Waals surface area contributed by atoms with Crippen LogP contribution in [0.2, 0.25) is 0 Å². The molecule has 2 rings (SSSR count). The first-order chi connectivity index (χ1) is 11.9. The maximum atomic E-state index is 10.8. The number of hydrogen-bond acceptors (Lipinski definition) is 8. The van der Waals surface area contributed by atoms with Crippen LogP contribution in [-0.2, 0) is 20.2 Å². The monoisotopic (exact) mass is 406 g/mol. The van der Waals surface area contributed by atoms with Gasteiger partial charge in [0, 0.05) is 12.1 Å². The predicted octanol–water partition coefficient (Wildman–Crippen LogP) is 1.68. The van der Waals surface area contributed by atoms with Gasteiger partial charge in [0.25, 0.3) is 21.5 Å². The Kier molecular flexibility index (Phi) is 6.46.